The van der Waals surface area contributed by atoms with E-state index in [0.29, 0.717) is 12.3 Å². The molecule has 0 saturated carbocycles. The first kappa shape index (κ1) is 23.1. The van der Waals surface area contributed by atoms with Crippen LogP contribution in [0.4, 0.5) is 0 Å². The topological polar surface area (TPSA) is 31.2 Å². The summed E-state index contributed by atoms with van der Waals surface area (Å²) in [6.45, 7) is 2.32. The average Bonchev–Trinajstić information content (AvgIpc) is 2.77. The number of hydrogen-bond donors (Lipinski definition) is 0. The van der Waals surface area contributed by atoms with Gasteiger partial charge in [0, 0.05) is 12.5 Å². The van der Waals surface area contributed by atoms with Gasteiger partial charge in [0.25, 0.3) is 0 Å². The highest BCUT2D eigenvalue weighted by atomic mass is 16.1. The first-order chi connectivity index (χ1) is 14.3. The van der Waals surface area contributed by atoms with Crippen molar-refractivity contribution in [2.24, 2.45) is 0 Å². The highest BCUT2D eigenvalue weighted by Crippen LogP contribution is 2.20. The van der Waals surface area contributed by atoms with Crippen LogP contribution in [0.15, 0.2) is 67.0 Å². The number of carbonyl (C=O) groups excluding carboxylic acids is 1. The molecule has 0 aliphatic carbocycles. The number of allylic oxidation sites excluding steroid dienone is 2. The lowest BCUT2D eigenvalue weighted by molar-refractivity contribution is -0.378. The van der Waals surface area contributed by atoms with Gasteiger partial charge in [0.1, 0.15) is 0 Å². The normalized spacial score (nSPS) is 12.3. The lowest BCUT2D eigenvalue weighted by Crippen LogP contribution is -2.06. The molecule has 1 unspecified atom stereocenters. The summed E-state index contributed by atoms with van der Waals surface area (Å²) in [4.78, 5) is 15.0. The van der Waals surface area contributed by atoms with Crippen LogP contribution in [-0.2, 0) is 0 Å². The van der Waals surface area contributed by atoms with Gasteiger partial charge in [0.2, 0.25) is 0 Å². The molecule has 156 valence electrons. The molecule has 0 bridgehead atoms. The lowest BCUT2D eigenvalue weighted by Gasteiger charge is -2.09. The SMILES string of the molecule is CC(CC/C=C/CCCCCCCCCC(=O)c1ccc[nH+]c1)c1ccccc1. The summed E-state index contributed by atoms with van der Waals surface area (Å²) in [6.07, 6.45) is 21.3. The van der Waals surface area contributed by atoms with E-state index < -0.39 is 0 Å². The first-order valence-corrected chi connectivity index (χ1v) is 11.5. The third kappa shape index (κ3) is 10.2. The van der Waals surface area contributed by atoms with Gasteiger partial charge in [-0.2, -0.15) is 0 Å². The van der Waals surface area contributed by atoms with Crippen LogP contribution in [0.2, 0.25) is 0 Å². The third-order valence-corrected chi connectivity index (χ3v) is 5.61. The van der Waals surface area contributed by atoms with Gasteiger partial charge in [-0.1, -0.05) is 81.5 Å². The Morgan fingerprint density at radius 1 is 0.862 bits per heavy atom. The Balaban J connectivity index is 1.38. The number of unbranched alkanes of at least 4 members (excludes halogenated alkanes) is 7. The van der Waals surface area contributed by atoms with Crippen LogP contribution < -0.4 is 4.98 Å². The van der Waals surface area contributed by atoms with Crippen molar-refractivity contribution >= 4 is 5.78 Å². The molecule has 0 amide bonds. The van der Waals surface area contributed by atoms with Gasteiger partial charge in [-0.25, -0.2) is 4.98 Å². The van der Waals surface area contributed by atoms with Crippen molar-refractivity contribution in [2.45, 2.75) is 83.5 Å². The highest BCUT2D eigenvalue weighted by Gasteiger charge is 2.07. The number of H-pyrrole nitrogens is 1. The number of carbonyl (C=O) groups is 1. The molecular formula is C27H38NO+. The number of aromatic amines is 1. The first-order valence-electron chi connectivity index (χ1n) is 11.5. The number of rotatable bonds is 15. The molecule has 0 saturated heterocycles. The van der Waals surface area contributed by atoms with Gasteiger partial charge < -0.3 is 0 Å². The molecule has 29 heavy (non-hydrogen) atoms. The van der Waals surface area contributed by atoms with Crippen LogP contribution in [0.1, 0.15) is 99.4 Å². The van der Waals surface area contributed by atoms with Crippen LogP contribution in [0, 0.1) is 0 Å². The molecule has 0 fully saturated rings. The summed E-state index contributed by atoms with van der Waals surface area (Å²) in [5, 5.41) is 0. The van der Waals surface area contributed by atoms with Crippen molar-refractivity contribution in [3.63, 3.8) is 0 Å². The second-order valence-electron chi connectivity index (χ2n) is 8.09. The summed E-state index contributed by atoms with van der Waals surface area (Å²) in [5.74, 6) is 0.897. The van der Waals surface area contributed by atoms with Crippen molar-refractivity contribution in [1.29, 1.82) is 0 Å². The number of Topliss-reactive ketones (excluding diaryl/α,β-unsaturated/α-hetero) is 1. The van der Waals surface area contributed by atoms with E-state index in [2.05, 4.69) is 54.4 Å². The molecule has 1 aromatic carbocycles. The molecule has 0 aliphatic heterocycles. The Hall–Kier alpha value is -2.22. The smallest absolute Gasteiger partial charge is 0.177 e. The maximum absolute atomic E-state index is 12.0. The van der Waals surface area contributed by atoms with Crippen LogP contribution in [0.3, 0.4) is 0 Å². The van der Waals surface area contributed by atoms with Crippen molar-refractivity contribution < 1.29 is 9.78 Å². The Morgan fingerprint density at radius 2 is 1.55 bits per heavy atom. The van der Waals surface area contributed by atoms with Gasteiger partial charge >= 0.3 is 0 Å². The highest BCUT2D eigenvalue weighted by molar-refractivity contribution is 5.95. The minimum atomic E-state index is 0.256. The zero-order valence-electron chi connectivity index (χ0n) is 18.1. The Kier molecular flexibility index (Phi) is 11.7. The predicted octanol–water partition coefficient (Wildman–Crippen LogP) is 7.33. The predicted molar refractivity (Wildman–Crippen MR) is 122 cm³/mol. The number of aromatic nitrogens is 1. The fourth-order valence-corrected chi connectivity index (χ4v) is 3.67. The summed E-state index contributed by atoms with van der Waals surface area (Å²) in [6, 6.07) is 14.6. The van der Waals surface area contributed by atoms with E-state index in [1.165, 1.54) is 63.4 Å². The van der Waals surface area contributed by atoms with Crippen LogP contribution in [0.5, 0.6) is 0 Å². The molecule has 2 rings (SSSR count). The molecule has 1 N–H and O–H groups in total. The minimum Gasteiger partial charge on any atom is -0.294 e. The Bertz CT molecular complexity index is 693. The molecular weight excluding hydrogens is 354 g/mol. The number of hydrogen-bond acceptors (Lipinski definition) is 1. The molecule has 1 heterocycles. The second kappa shape index (κ2) is 14.7. The van der Waals surface area contributed by atoms with Crippen molar-refractivity contribution in [2.75, 3.05) is 0 Å². The van der Waals surface area contributed by atoms with Gasteiger partial charge in [0.15, 0.2) is 18.2 Å². The summed E-state index contributed by atoms with van der Waals surface area (Å²) >= 11 is 0. The van der Waals surface area contributed by atoms with E-state index in [9.17, 15) is 4.79 Å². The molecule has 0 spiro atoms. The van der Waals surface area contributed by atoms with Crippen LogP contribution in [-0.4, -0.2) is 5.78 Å². The third-order valence-electron chi connectivity index (χ3n) is 5.61. The molecule has 0 radical (unpaired) electrons. The maximum Gasteiger partial charge on any atom is 0.177 e. The zero-order chi connectivity index (χ0) is 20.6. The molecule has 2 nitrogen and oxygen atoms in total. The van der Waals surface area contributed by atoms with Crippen LogP contribution >= 0.6 is 0 Å². The molecule has 2 heteroatoms. The van der Waals surface area contributed by atoms with E-state index in [4.69, 9.17) is 0 Å². The number of ketones is 1. The van der Waals surface area contributed by atoms with E-state index in [-0.39, 0.29) is 5.78 Å². The van der Waals surface area contributed by atoms with E-state index in [1.807, 2.05) is 18.3 Å². The summed E-state index contributed by atoms with van der Waals surface area (Å²) < 4.78 is 0. The minimum absolute atomic E-state index is 0.256. The number of benzene rings is 1. The van der Waals surface area contributed by atoms with E-state index in [0.717, 1.165) is 12.0 Å². The lowest BCUT2D eigenvalue weighted by atomic mass is 9.96. The summed E-state index contributed by atoms with van der Waals surface area (Å²) in [7, 11) is 0. The van der Waals surface area contributed by atoms with Crippen molar-refractivity contribution in [3.05, 3.63) is 78.1 Å². The largest absolute Gasteiger partial charge is 0.294 e. The van der Waals surface area contributed by atoms with Gasteiger partial charge in [-0.05, 0) is 49.7 Å². The zero-order valence-corrected chi connectivity index (χ0v) is 18.1. The second-order valence-corrected chi connectivity index (χ2v) is 8.09. The van der Waals surface area contributed by atoms with Crippen molar-refractivity contribution in [1.82, 2.24) is 0 Å². The molecule has 2 aromatic rings. The average molecular weight is 393 g/mol. The van der Waals surface area contributed by atoms with Gasteiger partial charge in [0.05, 0.1) is 5.56 Å². The molecule has 1 aromatic heterocycles. The van der Waals surface area contributed by atoms with E-state index in [1.54, 1.807) is 6.20 Å². The molecule has 1 atom stereocenters. The fourth-order valence-electron chi connectivity index (χ4n) is 3.67. The Morgan fingerprint density at radius 3 is 2.28 bits per heavy atom. The quantitative estimate of drug-likeness (QED) is 0.177. The van der Waals surface area contributed by atoms with Crippen molar-refractivity contribution in [3.8, 4) is 0 Å². The van der Waals surface area contributed by atoms with Gasteiger partial charge in [-0.15, -0.1) is 0 Å². The Labute approximate surface area is 177 Å². The number of pyridine rings is 1. The molecule has 0 aliphatic rings. The standard InChI is InChI=1S/C27H37NO/c1-24(25-18-13-11-14-19-25)17-12-9-7-5-3-2-4-6-8-10-15-21-27(29)26-20-16-22-28-23-26/h7,9,11,13-14,16,18-20,22-24H,2-6,8,10,12,15,17,21H2,1H3/p+1/b9-7+. The van der Waals surface area contributed by atoms with Gasteiger partial charge in [-0.3, -0.25) is 4.79 Å². The summed E-state index contributed by atoms with van der Waals surface area (Å²) in [5.41, 5.74) is 2.25. The monoisotopic (exact) mass is 392 g/mol. The maximum atomic E-state index is 12.0. The van der Waals surface area contributed by atoms with Crippen LogP contribution in [0.25, 0.3) is 0 Å². The van der Waals surface area contributed by atoms with E-state index >= 15 is 0 Å². The number of nitrogens with one attached hydrogen (secondary N) is 1. The fraction of sp³-hybridized carbons (Fsp3) is 0.481.